The lowest BCUT2D eigenvalue weighted by molar-refractivity contribution is 0.488. The van der Waals surface area contributed by atoms with E-state index in [2.05, 4.69) is 36.2 Å². The Morgan fingerprint density at radius 3 is 2.93 bits per heavy atom. The zero-order valence-corrected chi connectivity index (χ0v) is 8.83. The van der Waals surface area contributed by atoms with Gasteiger partial charge in [0.1, 0.15) is 0 Å². The van der Waals surface area contributed by atoms with Crippen molar-refractivity contribution in [3.8, 4) is 0 Å². The molecule has 4 nitrogen and oxygen atoms in total. The molecule has 4 heteroatoms. The molecule has 0 saturated heterocycles. The topological polar surface area (TPSA) is 63.8 Å². The van der Waals surface area contributed by atoms with Crippen molar-refractivity contribution in [3.63, 3.8) is 0 Å². The first-order chi connectivity index (χ1) is 6.54. The molecule has 0 fully saturated rings. The summed E-state index contributed by atoms with van der Waals surface area (Å²) in [5.41, 5.74) is 5.07. The van der Waals surface area contributed by atoms with Crippen LogP contribution in [0, 0.1) is 0 Å². The van der Waals surface area contributed by atoms with Crippen molar-refractivity contribution < 1.29 is 0 Å². The smallest absolute Gasteiger partial charge is 0.237 e. The largest absolute Gasteiger partial charge is 0.292 e. The fourth-order valence-electron chi connectivity index (χ4n) is 2.33. The van der Waals surface area contributed by atoms with E-state index in [1.54, 1.807) is 0 Å². The highest BCUT2D eigenvalue weighted by atomic mass is 15.3. The molecule has 1 aliphatic rings. The fourth-order valence-corrected chi connectivity index (χ4v) is 2.33. The van der Waals surface area contributed by atoms with Gasteiger partial charge in [-0.1, -0.05) is 20.8 Å². The van der Waals surface area contributed by atoms with Crippen molar-refractivity contribution in [2.24, 2.45) is 5.84 Å². The quantitative estimate of drug-likeness (QED) is 0.523. The van der Waals surface area contributed by atoms with E-state index < -0.39 is 0 Å². The zero-order valence-electron chi connectivity index (χ0n) is 8.83. The molecule has 3 N–H and O–H groups in total. The van der Waals surface area contributed by atoms with Gasteiger partial charge in [0.05, 0.1) is 5.69 Å². The van der Waals surface area contributed by atoms with Crippen LogP contribution in [0.1, 0.15) is 44.4 Å². The van der Waals surface area contributed by atoms with E-state index in [1.165, 1.54) is 5.56 Å². The lowest BCUT2D eigenvalue weighted by Crippen LogP contribution is -2.15. The van der Waals surface area contributed by atoms with Crippen molar-refractivity contribution >= 4 is 5.95 Å². The Morgan fingerprint density at radius 2 is 2.29 bits per heavy atom. The van der Waals surface area contributed by atoms with Gasteiger partial charge in [-0.05, 0) is 23.3 Å². The zero-order chi connectivity index (χ0) is 10.3. The molecule has 1 aromatic rings. The van der Waals surface area contributed by atoms with E-state index in [0.717, 1.165) is 12.1 Å². The second-order valence-corrected chi connectivity index (χ2v) is 4.63. The summed E-state index contributed by atoms with van der Waals surface area (Å²) in [5, 5.41) is 0. The first kappa shape index (κ1) is 9.40. The van der Waals surface area contributed by atoms with Gasteiger partial charge in [-0.15, -0.1) is 0 Å². The molecule has 1 aromatic heterocycles. The Hall–Kier alpha value is -1.16. The van der Waals surface area contributed by atoms with E-state index in [9.17, 15) is 0 Å². The molecule has 0 amide bonds. The molecule has 2 rings (SSSR count). The minimum Gasteiger partial charge on any atom is -0.292 e. The molecule has 0 aliphatic heterocycles. The van der Waals surface area contributed by atoms with Gasteiger partial charge in [-0.3, -0.25) is 5.43 Å². The van der Waals surface area contributed by atoms with Crippen LogP contribution in [0.3, 0.4) is 0 Å². The molecule has 0 bridgehead atoms. The number of hydrazine groups is 1. The van der Waals surface area contributed by atoms with Gasteiger partial charge in [0.15, 0.2) is 0 Å². The molecule has 1 atom stereocenters. The number of nitrogen functional groups attached to an aromatic ring is 1. The van der Waals surface area contributed by atoms with Crippen LogP contribution >= 0.6 is 0 Å². The summed E-state index contributed by atoms with van der Waals surface area (Å²) in [5.74, 6) is 6.29. The number of hydrogen-bond donors (Lipinski definition) is 2. The number of nitrogens with one attached hydrogen (secondary N) is 1. The number of hydrogen-bond acceptors (Lipinski definition) is 4. The van der Waals surface area contributed by atoms with Crippen LogP contribution < -0.4 is 11.3 Å². The van der Waals surface area contributed by atoms with Gasteiger partial charge in [-0.2, -0.15) is 0 Å². The molecular weight excluding hydrogens is 176 g/mol. The highest BCUT2D eigenvalue weighted by molar-refractivity contribution is 5.38. The average Bonchev–Trinajstić information content (AvgIpc) is 2.37. The monoisotopic (exact) mass is 192 g/mol. The Morgan fingerprint density at radius 1 is 1.57 bits per heavy atom. The highest BCUT2D eigenvalue weighted by Crippen LogP contribution is 2.44. The Balaban J connectivity index is 2.52. The standard InChI is InChI=1S/C10H16N4/c1-6-4-10(2,3)7-5-12-9(14-11)13-8(6)7/h5-6H,4,11H2,1-3H3,(H,12,13,14). The van der Waals surface area contributed by atoms with Crippen molar-refractivity contribution in [1.82, 2.24) is 9.97 Å². The molecule has 0 saturated carbocycles. The first-order valence-corrected chi connectivity index (χ1v) is 4.88. The molecule has 0 spiro atoms. The molecule has 0 aromatic carbocycles. The van der Waals surface area contributed by atoms with Crippen molar-refractivity contribution in [1.29, 1.82) is 0 Å². The van der Waals surface area contributed by atoms with Gasteiger partial charge >= 0.3 is 0 Å². The van der Waals surface area contributed by atoms with Crippen LogP contribution in [0.2, 0.25) is 0 Å². The van der Waals surface area contributed by atoms with E-state index in [0.29, 0.717) is 11.9 Å². The second kappa shape index (κ2) is 2.92. The molecule has 76 valence electrons. The van der Waals surface area contributed by atoms with Crippen LogP contribution in [0.5, 0.6) is 0 Å². The highest BCUT2D eigenvalue weighted by Gasteiger charge is 2.36. The van der Waals surface area contributed by atoms with Crippen LogP contribution in [-0.4, -0.2) is 9.97 Å². The molecule has 1 unspecified atom stereocenters. The first-order valence-electron chi connectivity index (χ1n) is 4.88. The van der Waals surface area contributed by atoms with E-state index >= 15 is 0 Å². The van der Waals surface area contributed by atoms with Gasteiger partial charge in [0.2, 0.25) is 5.95 Å². The summed E-state index contributed by atoms with van der Waals surface area (Å²) in [7, 11) is 0. The normalized spacial score (nSPS) is 23.3. The van der Waals surface area contributed by atoms with Gasteiger partial charge in [-0.25, -0.2) is 15.8 Å². The third-order valence-electron chi connectivity index (χ3n) is 2.96. The van der Waals surface area contributed by atoms with Crippen LogP contribution in [-0.2, 0) is 5.41 Å². The summed E-state index contributed by atoms with van der Waals surface area (Å²) in [6, 6.07) is 0. The molecule has 1 aliphatic carbocycles. The number of nitrogens with zero attached hydrogens (tertiary/aromatic N) is 2. The number of rotatable bonds is 1. The molecule has 1 heterocycles. The Labute approximate surface area is 83.9 Å². The van der Waals surface area contributed by atoms with Gasteiger partial charge in [0.25, 0.3) is 0 Å². The summed E-state index contributed by atoms with van der Waals surface area (Å²) in [6.07, 6.45) is 3.02. The van der Waals surface area contributed by atoms with Crippen LogP contribution in [0.4, 0.5) is 5.95 Å². The maximum absolute atomic E-state index is 5.28. The van der Waals surface area contributed by atoms with Crippen LogP contribution in [0.15, 0.2) is 6.20 Å². The fraction of sp³-hybridized carbons (Fsp3) is 0.600. The Bertz CT molecular complexity index is 359. The lowest BCUT2D eigenvalue weighted by Gasteiger charge is -2.17. The second-order valence-electron chi connectivity index (χ2n) is 4.63. The van der Waals surface area contributed by atoms with E-state index in [-0.39, 0.29) is 5.41 Å². The number of nitrogens with two attached hydrogens (primary N) is 1. The summed E-state index contributed by atoms with van der Waals surface area (Å²) in [6.45, 7) is 6.66. The Kier molecular flexibility index (Phi) is 1.96. The summed E-state index contributed by atoms with van der Waals surface area (Å²) < 4.78 is 0. The minimum atomic E-state index is 0.196. The average molecular weight is 192 g/mol. The maximum atomic E-state index is 5.28. The molecular formula is C10H16N4. The third kappa shape index (κ3) is 1.26. The summed E-state index contributed by atoms with van der Waals surface area (Å²) >= 11 is 0. The van der Waals surface area contributed by atoms with Crippen molar-refractivity contribution in [2.45, 2.75) is 38.5 Å². The SMILES string of the molecule is CC1CC(C)(C)c2cnc(NN)nc21. The summed E-state index contributed by atoms with van der Waals surface area (Å²) in [4.78, 5) is 8.55. The number of aromatic nitrogens is 2. The predicted octanol–water partition coefficient (Wildman–Crippen LogP) is 1.55. The van der Waals surface area contributed by atoms with Crippen LogP contribution in [0.25, 0.3) is 0 Å². The number of anilines is 1. The third-order valence-corrected chi connectivity index (χ3v) is 2.96. The van der Waals surface area contributed by atoms with Gasteiger partial charge < -0.3 is 0 Å². The predicted molar refractivity (Wildman–Crippen MR) is 55.9 cm³/mol. The molecule has 14 heavy (non-hydrogen) atoms. The maximum Gasteiger partial charge on any atom is 0.237 e. The lowest BCUT2D eigenvalue weighted by atomic mass is 9.87. The van der Waals surface area contributed by atoms with E-state index in [4.69, 9.17) is 5.84 Å². The van der Waals surface area contributed by atoms with E-state index in [1.807, 2.05) is 6.20 Å². The number of fused-ring (bicyclic) bond motifs is 1. The molecule has 0 radical (unpaired) electrons. The minimum absolute atomic E-state index is 0.196. The van der Waals surface area contributed by atoms with Crippen molar-refractivity contribution in [2.75, 3.05) is 5.43 Å². The van der Waals surface area contributed by atoms with Crippen molar-refractivity contribution in [3.05, 3.63) is 17.5 Å². The van der Waals surface area contributed by atoms with Gasteiger partial charge in [0, 0.05) is 6.20 Å².